The summed E-state index contributed by atoms with van der Waals surface area (Å²) in [6.07, 6.45) is 7.79. The standard InChI is InChI=1S/2C13H18N5.4ClH.Zn/c2*1-16(2)12-7-5-11(6-8-12)14-15-13-17(3)9-10-18(13)4;;;;;/h2*5-10H,1-4H3;4*1H;/q2*+1;;;;;+2/p-4. The molecule has 4 rings (SSSR count). The van der Waals surface area contributed by atoms with Crippen molar-refractivity contribution >= 4 is 34.6 Å². The molecule has 10 nitrogen and oxygen atoms in total. The Morgan fingerprint density at radius 1 is 0.537 bits per heavy atom. The quantitative estimate of drug-likeness (QED) is 0.114. The van der Waals surface area contributed by atoms with Crippen LogP contribution in [-0.4, -0.2) is 37.3 Å². The molecule has 0 spiro atoms. The number of hydrogen-bond acceptors (Lipinski definition) is 6. The Labute approximate surface area is 280 Å². The molecule has 0 atom stereocenters. The van der Waals surface area contributed by atoms with Gasteiger partial charge in [-0.2, -0.15) is 0 Å². The van der Waals surface area contributed by atoms with Crippen LogP contribution in [0.15, 0.2) is 93.8 Å². The van der Waals surface area contributed by atoms with Crippen molar-refractivity contribution in [2.24, 2.45) is 48.6 Å². The van der Waals surface area contributed by atoms with Gasteiger partial charge in [0, 0.05) is 49.8 Å². The molecule has 220 valence electrons. The van der Waals surface area contributed by atoms with Crippen molar-refractivity contribution < 1.29 is 78.2 Å². The van der Waals surface area contributed by atoms with Crippen LogP contribution < -0.4 is 68.6 Å². The minimum atomic E-state index is 0. The molecule has 0 aliphatic rings. The summed E-state index contributed by atoms with van der Waals surface area (Å²) in [6.45, 7) is 0. The van der Waals surface area contributed by atoms with Crippen molar-refractivity contribution in [2.45, 2.75) is 0 Å². The van der Waals surface area contributed by atoms with Gasteiger partial charge < -0.3 is 59.4 Å². The first-order valence-electron chi connectivity index (χ1n) is 11.6. The second-order valence-electron chi connectivity index (χ2n) is 8.86. The van der Waals surface area contributed by atoms with Crippen molar-refractivity contribution in [3.05, 3.63) is 73.3 Å². The van der Waals surface area contributed by atoms with Gasteiger partial charge in [0.2, 0.25) is 0 Å². The Bertz CT molecular complexity index is 1190. The van der Waals surface area contributed by atoms with Gasteiger partial charge in [-0.25, -0.2) is 18.3 Å². The topological polar surface area (TPSA) is 73.5 Å². The van der Waals surface area contributed by atoms with Crippen molar-refractivity contribution in [1.82, 2.24) is 9.13 Å². The molecule has 0 bridgehead atoms. The first-order chi connectivity index (χ1) is 17.2. The predicted molar refractivity (Wildman–Crippen MR) is 143 cm³/mol. The molecule has 4 aromatic rings. The molecule has 0 aliphatic heterocycles. The molecule has 0 saturated heterocycles. The second-order valence-corrected chi connectivity index (χ2v) is 8.86. The van der Waals surface area contributed by atoms with Gasteiger partial charge in [-0.15, -0.1) is 0 Å². The Morgan fingerprint density at radius 3 is 1.05 bits per heavy atom. The summed E-state index contributed by atoms with van der Waals surface area (Å²) in [6, 6.07) is 15.9. The second kappa shape index (κ2) is 20.3. The molecule has 0 fully saturated rings. The van der Waals surface area contributed by atoms with Crippen LogP contribution in [0, 0.1) is 0 Å². The van der Waals surface area contributed by atoms with E-state index in [1.807, 2.05) is 148 Å². The van der Waals surface area contributed by atoms with Crippen LogP contribution in [0.1, 0.15) is 0 Å². The summed E-state index contributed by atoms with van der Waals surface area (Å²) >= 11 is 0. The molecule has 0 saturated carbocycles. The van der Waals surface area contributed by atoms with Crippen molar-refractivity contribution in [3.63, 3.8) is 0 Å². The Balaban J connectivity index is -0.000000628. The van der Waals surface area contributed by atoms with Crippen molar-refractivity contribution in [2.75, 3.05) is 38.0 Å². The third-order valence-electron chi connectivity index (χ3n) is 5.53. The number of aromatic nitrogens is 4. The number of benzene rings is 2. The molecule has 0 amide bonds. The zero-order valence-corrected chi connectivity index (χ0v) is 30.6. The van der Waals surface area contributed by atoms with E-state index < -0.39 is 0 Å². The Kier molecular flexibility index (Phi) is 21.3. The average Bonchev–Trinajstić information content (AvgIpc) is 3.36. The van der Waals surface area contributed by atoms with E-state index in [9.17, 15) is 0 Å². The van der Waals surface area contributed by atoms with Gasteiger partial charge in [-0.1, -0.05) is 10.2 Å². The van der Waals surface area contributed by atoms with E-state index >= 15 is 0 Å². The molecule has 41 heavy (non-hydrogen) atoms. The fourth-order valence-corrected chi connectivity index (χ4v) is 3.29. The minimum Gasteiger partial charge on any atom is -1.00 e. The molecule has 0 aliphatic carbocycles. The predicted octanol–water partition coefficient (Wildman–Crippen LogP) is -7.32. The number of hydrogen-bond donors (Lipinski definition) is 0. The summed E-state index contributed by atoms with van der Waals surface area (Å²) < 4.78 is 7.71. The summed E-state index contributed by atoms with van der Waals surface area (Å²) in [5.74, 6) is 1.62. The van der Waals surface area contributed by atoms with Gasteiger partial charge >= 0.3 is 31.4 Å². The summed E-state index contributed by atoms with van der Waals surface area (Å²) in [5.41, 5.74) is 4.00. The summed E-state index contributed by atoms with van der Waals surface area (Å²) in [5, 5.41) is 17.0. The van der Waals surface area contributed by atoms with Gasteiger partial charge in [-0.3, -0.25) is 0 Å². The zero-order chi connectivity index (χ0) is 26.2. The maximum Gasteiger partial charge on any atom is 2.00 e. The number of imidazole rings is 2. The molecule has 2 heterocycles. The SMILES string of the molecule is CN(C)c1ccc(N=Nc2n(C)cc[n+]2C)cc1.CN(C)c1ccc(N=Nc2n(C)cc[n+]2C)cc1.[Cl-].[Cl-].[Cl-].[Cl-].[Zn+2]. The third kappa shape index (κ3) is 12.5. The molecule has 2 aromatic heterocycles. The maximum absolute atomic E-state index is 4.25. The van der Waals surface area contributed by atoms with E-state index in [4.69, 9.17) is 0 Å². The smallest absolute Gasteiger partial charge is 1.00 e. The molecule has 0 unspecified atom stereocenters. The van der Waals surface area contributed by atoms with Gasteiger partial charge in [0.05, 0.1) is 53.0 Å². The number of rotatable bonds is 6. The minimum absolute atomic E-state index is 0. The van der Waals surface area contributed by atoms with Gasteiger partial charge in [0.1, 0.15) is 11.4 Å². The van der Waals surface area contributed by atoms with Crippen LogP contribution in [-0.2, 0) is 47.7 Å². The number of aryl methyl sites for hydroxylation is 4. The van der Waals surface area contributed by atoms with Crippen molar-refractivity contribution in [3.8, 4) is 0 Å². The molecule has 15 heteroatoms. The van der Waals surface area contributed by atoms with Crippen LogP contribution in [0.25, 0.3) is 0 Å². The Morgan fingerprint density at radius 2 is 0.829 bits per heavy atom. The molecule has 0 N–H and O–H groups in total. The van der Waals surface area contributed by atoms with E-state index in [1.165, 1.54) is 0 Å². The van der Waals surface area contributed by atoms with E-state index in [0.717, 1.165) is 34.6 Å². The van der Waals surface area contributed by atoms with Crippen LogP contribution in [0.2, 0.25) is 0 Å². The van der Waals surface area contributed by atoms with Crippen molar-refractivity contribution in [1.29, 1.82) is 0 Å². The largest absolute Gasteiger partial charge is 2.00 e. The van der Waals surface area contributed by atoms with Crippen LogP contribution in [0.5, 0.6) is 0 Å². The number of halogens is 4. The van der Waals surface area contributed by atoms with Crippen LogP contribution >= 0.6 is 0 Å². The van der Waals surface area contributed by atoms with E-state index in [0.29, 0.717) is 0 Å². The van der Waals surface area contributed by atoms with Crippen LogP contribution in [0.3, 0.4) is 0 Å². The third-order valence-corrected chi connectivity index (χ3v) is 5.53. The number of nitrogens with zero attached hydrogens (tertiary/aromatic N) is 10. The first kappa shape index (κ1) is 42.9. The molecular formula is C26H36Cl4N10Zn. The van der Waals surface area contributed by atoms with E-state index in [2.05, 4.69) is 30.3 Å². The fraction of sp³-hybridized carbons (Fsp3) is 0.308. The normalized spacial score (nSPS) is 9.76. The molecule has 2 aromatic carbocycles. The first-order valence-corrected chi connectivity index (χ1v) is 11.6. The fourth-order valence-electron chi connectivity index (χ4n) is 3.29. The maximum atomic E-state index is 4.25. The monoisotopic (exact) mass is 692 g/mol. The molecule has 0 radical (unpaired) electrons. The van der Waals surface area contributed by atoms with E-state index in [1.54, 1.807) is 0 Å². The summed E-state index contributed by atoms with van der Waals surface area (Å²) in [7, 11) is 15.8. The van der Waals surface area contributed by atoms with Gasteiger partial charge in [-0.05, 0) is 48.5 Å². The average molecular weight is 696 g/mol. The number of anilines is 2. The number of azo groups is 2. The van der Waals surface area contributed by atoms with E-state index in [-0.39, 0.29) is 69.1 Å². The zero-order valence-electron chi connectivity index (χ0n) is 24.6. The van der Waals surface area contributed by atoms with Crippen LogP contribution in [0.4, 0.5) is 34.6 Å². The Hall–Kier alpha value is -2.56. The molecular weight excluding hydrogens is 660 g/mol. The van der Waals surface area contributed by atoms with Gasteiger partial charge in [0.25, 0.3) is 0 Å². The summed E-state index contributed by atoms with van der Waals surface area (Å²) in [4.78, 5) is 4.11. The van der Waals surface area contributed by atoms with Gasteiger partial charge in [0.15, 0.2) is 0 Å².